The van der Waals surface area contributed by atoms with Gasteiger partial charge in [-0.25, -0.2) is 4.98 Å². The molecule has 28 heavy (non-hydrogen) atoms. The van der Waals surface area contributed by atoms with E-state index < -0.39 is 11.7 Å². The van der Waals surface area contributed by atoms with Crippen molar-refractivity contribution in [3.05, 3.63) is 63.7 Å². The molecule has 1 N–H and O–H groups in total. The maximum atomic E-state index is 13.0. The molecular weight excluding hydrogens is 373 g/mol. The highest BCUT2D eigenvalue weighted by Crippen LogP contribution is 2.33. The van der Waals surface area contributed by atoms with Gasteiger partial charge in [0.15, 0.2) is 11.5 Å². The molecule has 0 amide bonds. The number of allylic oxidation sites excluding steroid dienone is 1. The number of hydrogen-bond acceptors (Lipinski definition) is 4. The van der Waals surface area contributed by atoms with Crippen LogP contribution in [0.3, 0.4) is 0 Å². The molecule has 4 rings (SSSR count). The lowest BCUT2D eigenvalue weighted by molar-refractivity contribution is -0.137. The van der Waals surface area contributed by atoms with Gasteiger partial charge in [0.25, 0.3) is 5.56 Å². The molecule has 2 aromatic carbocycles. The van der Waals surface area contributed by atoms with Crippen LogP contribution in [0.4, 0.5) is 13.2 Å². The van der Waals surface area contributed by atoms with Gasteiger partial charge in [0.05, 0.1) is 23.6 Å². The number of phenols is 1. The zero-order chi connectivity index (χ0) is 20.1. The predicted molar refractivity (Wildman–Crippen MR) is 98.2 cm³/mol. The van der Waals surface area contributed by atoms with Crippen LogP contribution in [0.2, 0.25) is 0 Å². The van der Waals surface area contributed by atoms with Crippen LogP contribution in [-0.4, -0.2) is 21.8 Å². The fraction of sp³-hybridized carbons (Fsp3) is 0.200. The second-order valence-corrected chi connectivity index (χ2v) is 6.47. The number of ether oxygens (including phenoxy) is 1. The SMILES string of the molecule is COc1ccc(/C=C2/CCn3c2nc2cc(C(F)(F)F)ccc2c3=O)cc1O. The summed E-state index contributed by atoms with van der Waals surface area (Å²) in [4.78, 5) is 17.0. The number of alkyl halides is 3. The lowest BCUT2D eigenvalue weighted by atomic mass is 10.1. The molecule has 1 aliphatic rings. The number of aromatic hydroxyl groups is 1. The molecular formula is C20H15F3N2O3. The molecule has 0 atom stereocenters. The highest BCUT2D eigenvalue weighted by Gasteiger charge is 2.31. The molecule has 0 fully saturated rings. The number of methoxy groups -OCH3 is 1. The monoisotopic (exact) mass is 388 g/mol. The normalized spacial score (nSPS) is 15.2. The Hall–Kier alpha value is -3.29. The number of aromatic nitrogens is 2. The Labute approximate surface area is 157 Å². The van der Waals surface area contributed by atoms with E-state index in [-0.39, 0.29) is 22.2 Å². The summed E-state index contributed by atoms with van der Waals surface area (Å²) in [6.45, 7) is 0.395. The Morgan fingerprint density at radius 2 is 2.00 bits per heavy atom. The van der Waals surface area contributed by atoms with E-state index in [1.54, 1.807) is 18.2 Å². The van der Waals surface area contributed by atoms with E-state index in [1.165, 1.54) is 23.8 Å². The second-order valence-electron chi connectivity index (χ2n) is 6.47. The summed E-state index contributed by atoms with van der Waals surface area (Å²) in [5, 5.41) is 10.1. The highest BCUT2D eigenvalue weighted by molar-refractivity contribution is 5.85. The van der Waals surface area contributed by atoms with Crippen LogP contribution < -0.4 is 10.3 Å². The van der Waals surface area contributed by atoms with E-state index in [0.29, 0.717) is 35.7 Å². The molecule has 0 saturated carbocycles. The molecule has 8 heteroatoms. The van der Waals surface area contributed by atoms with Crippen LogP contribution in [0.5, 0.6) is 11.5 Å². The average Bonchev–Trinajstić information content (AvgIpc) is 3.04. The summed E-state index contributed by atoms with van der Waals surface area (Å²) in [6, 6.07) is 7.80. The fourth-order valence-electron chi connectivity index (χ4n) is 3.33. The maximum Gasteiger partial charge on any atom is 0.416 e. The number of phenolic OH excluding ortho intramolecular Hbond substituents is 1. The number of nitrogens with zero attached hydrogens (tertiary/aromatic N) is 2. The Bertz CT molecular complexity index is 1180. The van der Waals surface area contributed by atoms with Gasteiger partial charge in [-0.1, -0.05) is 6.07 Å². The number of fused-ring (bicyclic) bond motifs is 2. The van der Waals surface area contributed by atoms with Crippen molar-refractivity contribution < 1.29 is 23.0 Å². The first kappa shape index (κ1) is 18.1. The minimum absolute atomic E-state index is 0.0106. The lowest BCUT2D eigenvalue weighted by Crippen LogP contribution is -2.21. The van der Waals surface area contributed by atoms with Gasteiger partial charge in [-0.05, 0) is 54.0 Å². The first-order valence-electron chi connectivity index (χ1n) is 8.47. The fourth-order valence-corrected chi connectivity index (χ4v) is 3.33. The molecule has 3 aromatic rings. The Morgan fingerprint density at radius 3 is 2.68 bits per heavy atom. The summed E-state index contributed by atoms with van der Waals surface area (Å²) in [5.74, 6) is 0.634. The van der Waals surface area contributed by atoms with Gasteiger partial charge in [0.2, 0.25) is 0 Å². The summed E-state index contributed by atoms with van der Waals surface area (Å²) < 4.78 is 45.5. The van der Waals surface area contributed by atoms with Crippen LogP contribution in [0.25, 0.3) is 22.6 Å². The van der Waals surface area contributed by atoms with Crippen molar-refractivity contribution >= 4 is 22.6 Å². The molecule has 2 heterocycles. The van der Waals surface area contributed by atoms with Gasteiger partial charge in [-0.2, -0.15) is 13.2 Å². The molecule has 0 radical (unpaired) electrons. The summed E-state index contributed by atoms with van der Waals surface area (Å²) >= 11 is 0. The molecule has 0 saturated heterocycles. The van der Waals surface area contributed by atoms with E-state index in [9.17, 15) is 23.1 Å². The van der Waals surface area contributed by atoms with Gasteiger partial charge in [0, 0.05) is 6.54 Å². The molecule has 144 valence electrons. The van der Waals surface area contributed by atoms with Crippen molar-refractivity contribution in [3.63, 3.8) is 0 Å². The zero-order valence-corrected chi connectivity index (χ0v) is 14.7. The predicted octanol–water partition coefficient (Wildman–Crippen LogP) is 4.07. The van der Waals surface area contributed by atoms with E-state index in [2.05, 4.69) is 4.98 Å². The summed E-state index contributed by atoms with van der Waals surface area (Å²) in [6.07, 6.45) is -2.24. The van der Waals surface area contributed by atoms with Crippen molar-refractivity contribution in [2.24, 2.45) is 0 Å². The van der Waals surface area contributed by atoms with Crippen molar-refractivity contribution in [3.8, 4) is 11.5 Å². The van der Waals surface area contributed by atoms with Crippen LogP contribution in [0.15, 0.2) is 41.2 Å². The molecule has 0 unspecified atom stereocenters. The Kier molecular flexibility index (Phi) is 4.14. The first-order chi connectivity index (χ1) is 13.3. The second kappa shape index (κ2) is 6.40. The van der Waals surface area contributed by atoms with Crippen LogP contribution in [-0.2, 0) is 12.7 Å². The van der Waals surface area contributed by atoms with Crippen LogP contribution in [0.1, 0.15) is 23.4 Å². The molecule has 0 aliphatic carbocycles. The Balaban J connectivity index is 1.84. The average molecular weight is 388 g/mol. The number of benzene rings is 2. The minimum atomic E-state index is -4.51. The quantitative estimate of drug-likeness (QED) is 0.719. The van der Waals surface area contributed by atoms with Crippen LogP contribution in [0, 0.1) is 0 Å². The zero-order valence-electron chi connectivity index (χ0n) is 14.7. The molecule has 1 aromatic heterocycles. The topological polar surface area (TPSA) is 64.4 Å². The maximum absolute atomic E-state index is 13.0. The number of halogens is 3. The molecule has 0 bridgehead atoms. The molecule has 0 spiro atoms. The smallest absolute Gasteiger partial charge is 0.416 e. The molecule has 1 aliphatic heterocycles. The van der Waals surface area contributed by atoms with Gasteiger partial charge >= 0.3 is 6.18 Å². The highest BCUT2D eigenvalue weighted by atomic mass is 19.4. The lowest BCUT2D eigenvalue weighted by Gasteiger charge is -2.09. The van der Waals surface area contributed by atoms with E-state index in [1.807, 2.05) is 0 Å². The number of hydrogen-bond donors (Lipinski definition) is 1. The standard InChI is InChI=1S/C20H15F3N2O3/c1-28-17-5-2-11(9-16(17)26)8-12-6-7-25-18(12)24-15-10-13(20(21,22)23)3-4-14(15)19(25)27/h2-5,8-10,26H,6-7H2,1H3/b12-8-. The van der Waals surface area contributed by atoms with E-state index >= 15 is 0 Å². The Morgan fingerprint density at radius 1 is 1.21 bits per heavy atom. The number of rotatable bonds is 2. The molecule has 5 nitrogen and oxygen atoms in total. The third-order valence-electron chi connectivity index (χ3n) is 4.72. The largest absolute Gasteiger partial charge is 0.504 e. The van der Waals surface area contributed by atoms with E-state index in [4.69, 9.17) is 4.74 Å². The van der Waals surface area contributed by atoms with Gasteiger partial charge < -0.3 is 9.84 Å². The first-order valence-corrected chi connectivity index (χ1v) is 8.47. The van der Waals surface area contributed by atoms with Crippen molar-refractivity contribution in [2.45, 2.75) is 19.1 Å². The van der Waals surface area contributed by atoms with Crippen molar-refractivity contribution in [2.75, 3.05) is 7.11 Å². The third kappa shape index (κ3) is 3.00. The third-order valence-corrected chi connectivity index (χ3v) is 4.72. The van der Waals surface area contributed by atoms with Crippen molar-refractivity contribution in [1.82, 2.24) is 9.55 Å². The van der Waals surface area contributed by atoms with Gasteiger partial charge in [0.1, 0.15) is 5.82 Å². The van der Waals surface area contributed by atoms with Crippen molar-refractivity contribution in [1.29, 1.82) is 0 Å². The summed E-state index contributed by atoms with van der Waals surface area (Å²) in [5.41, 5.74) is 0.174. The minimum Gasteiger partial charge on any atom is -0.504 e. The van der Waals surface area contributed by atoms with Gasteiger partial charge in [-0.15, -0.1) is 0 Å². The van der Waals surface area contributed by atoms with Gasteiger partial charge in [-0.3, -0.25) is 9.36 Å². The van der Waals surface area contributed by atoms with E-state index in [0.717, 1.165) is 12.1 Å². The summed E-state index contributed by atoms with van der Waals surface area (Å²) in [7, 11) is 1.44. The van der Waals surface area contributed by atoms with Crippen LogP contribution >= 0.6 is 0 Å².